The van der Waals surface area contributed by atoms with Crippen LogP contribution in [0.5, 0.6) is 11.5 Å². The Hall–Kier alpha value is -3.87. The Kier molecular flexibility index (Phi) is 3.39. The number of carbonyl (C=O) groups excluding carboxylic acids is 2. The summed E-state index contributed by atoms with van der Waals surface area (Å²) in [6.45, 7) is 0. The number of H-pyrrole nitrogens is 1. The molecule has 1 aliphatic rings. The molecule has 2 aromatic carbocycles. The summed E-state index contributed by atoms with van der Waals surface area (Å²) in [6.07, 6.45) is 0. The molecule has 7 nitrogen and oxygen atoms in total. The van der Waals surface area contributed by atoms with Gasteiger partial charge in [0, 0.05) is 21.9 Å². The number of pyridine rings is 1. The molecule has 0 spiro atoms. The number of amides is 2. The lowest BCUT2D eigenvalue weighted by Gasteiger charge is -2.08. The number of hydrogen-bond acceptors (Lipinski definition) is 5. The number of aromatic nitrogens is 2. The lowest BCUT2D eigenvalue weighted by atomic mass is 10.0. The van der Waals surface area contributed by atoms with Gasteiger partial charge in [-0.2, -0.15) is 0 Å². The molecule has 0 atom stereocenters. The van der Waals surface area contributed by atoms with E-state index in [2.05, 4.69) is 15.3 Å². The second kappa shape index (κ2) is 5.82. The maximum absolute atomic E-state index is 12.5. The zero-order chi connectivity index (χ0) is 19.4. The molecule has 7 heteroatoms. The van der Waals surface area contributed by atoms with Crippen LogP contribution in [0.15, 0.2) is 42.5 Å². The summed E-state index contributed by atoms with van der Waals surface area (Å²) in [5.74, 6) is 0.389. The first-order chi connectivity index (χ1) is 13.6. The highest BCUT2D eigenvalue weighted by molar-refractivity contribution is 6.30. The number of ether oxygens (including phenoxy) is 2. The van der Waals surface area contributed by atoms with Crippen LogP contribution in [0.25, 0.3) is 33.1 Å². The Bertz CT molecular complexity index is 1310. The third-order valence-corrected chi connectivity index (χ3v) is 4.97. The molecular formula is C21H15N3O4. The molecule has 5 rings (SSSR count). The van der Waals surface area contributed by atoms with Gasteiger partial charge >= 0.3 is 0 Å². The minimum absolute atomic E-state index is 0.124. The van der Waals surface area contributed by atoms with Gasteiger partial charge in [-0.1, -0.05) is 12.1 Å². The smallest absolute Gasteiger partial charge is 0.277 e. The molecule has 0 radical (unpaired) electrons. The first-order valence-corrected chi connectivity index (χ1v) is 8.64. The van der Waals surface area contributed by atoms with E-state index in [9.17, 15) is 9.59 Å². The number of methoxy groups -OCH3 is 2. The Labute approximate surface area is 159 Å². The van der Waals surface area contributed by atoms with E-state index in [1.54, 1.807) is 14.2 Å². The van der Waals surface area contributed by atoms with E-state index in [1.165, 1.54) is 0 Å². The molecule has 3 heterocycles. The summed E-state index contributed by atoms with van der Waals surface area (Å²) in [4.78, 5) is 32.7. The van der Waals surface area contributed by atoms with Gasteiger partial charge in [0.25, 0.3) is 11.8 Å². The monoisotopic (exact) mass is 373 g/mol. The third-order valence-electron chi connectivity index (χ3n) is 4.97. The van der Waals surface area contributed by atoms with Crippen molar-refractivity contribution < 1.29 is 19.1 Å². The highest BCUT2D eigenvalue weighted by Gasteiger charge is 2.33. The number of imide groups is 1. The number of aromatic amines is 1. The molecule has 0 aliphatic carbocycles. The number of rotatable bonds is 3. The Morgan fingerprint density at radius 1 is 0.893 bits per heavy atom. The number of hydrogen-bond donors (Lipinski definition) is 2. The van der Waals surface area contributed by atoms with E-state index in [0.717, 1.165) is 16.5 Å². The lowest BCUT2D eigenvalue weighted by molar-refractivity contribution is 0.0878. The van der Waals surface area contributed by atoms with E-state index in [0.29, 0.717) is 28.1 Å². The van der Waals surface area contributed by atoms with Crippen molar-refractivity contribution in [2.45, 2.75) is 0 Å². The molecule has 138 valence electrons. The van der Waals surface area contributed by atoms with Crippen LogP contribution in [-0.4, -0.2) is 36.0 Å². The van der Waals surface area contributed by atoms with Gasteiger partial charge in [0.2, 0.25) is 0 Å². The van der Waals surface area contributed by atoms with Crippen molar-refractivity contribution in [3.05, 3.63) is 53.7 Å². The highest BCUT2D eigenvalue weighted by Crippen LogP contribution is 2.38. The molecule has 4 aromatic rings. The van der Waals surface area contributed by atoms with E-state index >= 15 is 0 Å². The number of carbonyl (C=O) groups is 2. The third kappa shape index (κ3) is 2.19. The number of nitrogens with one attached hydrogen (secondary N) is 2. The van der Waals surface area contributed by atoms with Crippen molar-refractivity contribution in [2.24, 2.45) is 0 Å². The molecule has 0 unspecified atom stereocenters. The number of benzene rings is 2. The van der Waals surface area contributed by atoms with Gasteiger partial charge in [-0.15, -0.1) is 0 Å². The summed E-state index contributed by atoms with van der Waals surface area (Å²) >= 11 is 0. The number of nitrogens with zero attached hydrogens (tertiary/aromatic N) is 1. The lowest BCUT2D eigenvalue weighted by Crippen LogP contribution is -2.20. The largest absolute Gasteiger partial charge is 0.497 e. The van der Waals surface area contributed by atoms with Crippen LogP contribution in [-0.2, 0) is 0 Å². The van der Waals surface area contributed by atoms with Crippen molar-refractivity contribution in [1.82, 2.24) is 15.3 Å². The van der Waals surface area contributed by atoms with E-state index in [-0.39, 0.29) is 11.3 Å². The molecule has 28 heavy (non-hydrogen) atoms. The van der Waals surface area contributed by atoms with Crippen molar-refractivity contribution in [3.63, 3.8) is 0 Å². The fourth-order valence-electron chi connectivity index (χ4n) is 3.67. The molecule has 0 saturated carbocycles. The predicted octanol–water partition coefficient (Wildman–Crippen LogP) is 3.28. The Balaban J connectivity index is 1.94. The normalized spacial score (nSPS) is 13.1. The second-order valence-electron chi connectivity index (χ2n) is 6.49. The maximum Gasteiger partial charge on any atom is 0.277 e. The van der Waals surface area contributed by atoms with E-state index in [4.69, 9.17) is 9.47 Å². The Morgan fingerprint density at radius 3 is 2.46 bits per heavy atom. The average molecular weight is 373 g/mol. The van der Waals surface area contributed by atoms with Gasteiger partial charge in [-0.3, -0.25) is 14.9 Å². The zero-order valence-corrected chi connectivity index (χ0v) is 15.1. The van der Waals surface area contributed by atoms with Gasteiger partial charge in [0.1, 0.15) is 17.2 Å². The number of fused-ring (bicyclic) bond motifs is 5. The summed E-state index contributed by atoms with van der Waals surface area (Å²) in [5, 5.41) is 3.79. The quantitative estimate of drug-likeness (QED) is 0.538. The second-order valence-corrected chi connectivity index (χ2v) is 6.49. The minimum atomic E-state index is -0.497. The summed E-state index contributed by atoms with van der Waals surface area (Å²) in [7, 11) is 3.17. The van der Waals surface area contributed by atoms with Gasteiger partial charge < -0.3 is 14.5 Å². The Morgan fingerprint density at radius 2 is 1.68 bits per heavy atom. The van der Waals surface area contributed by atoms with Gasteiger partial charge in [-0.05, 0) is 30.3 Å². The standard InChI is InChI=1S/C21H15N3O4/c1-27-11-5-3-4-10(8-11)17-18-15(16-19(23-17)21(26)24-20(16)25)13-9-12(28-2)6-7-14(13)22-18/h3-9,22H,1-2H3,(H,24,25,26). The van der Waals surface area contributed by atoms with E-state index in [1.807, 2.05) is 42.5 Å². The van der Waals surface area contributed by atoms with Crippen LogP contribution >= 0.6 is 0 Å². The van der Waals surface area contributed by atoms with Crippen molar-refractivity contribution in [2.75, 3.05) is 14.2 Å². The molecule has 2 N–H and O–H groups in total. The molecule has 0 bridgehead atoms. The highest BCUT2D eigenvalue weighted by atomic mass is 16.5. The van der Waals surface area contributed by atoms with Gasteiger partial charge in [0.15, 0.2) is 0 Å². The van der Waals surface area contributed by atoms with Crippen molar-refractivity contribution in [3.8, 4) is 22.8 Å². The molecule has 2 aromatic heterocycles. The van der Waals surface area contributed by atoms with Gasteiger partial charge in [-0.25, -0.2) is 4.98 Å². The van der Waals surface area contributed by atoms with Crippen LogP contribution in [0.4, 0.5) is 0 Å². The summed E-state index contributed by atoms with van der Waals surface area (Å²) < 4.78 is 10.7. The topological polar surface area (TPSA) is 93.3 Å². The molecule has 0 saturated heterocycles. The zero-order valence-electron chi connectivity index (χ0n) is 15.1. The molecule has 2 amide bonds. The van der Waals surface area contributed by atoms with Crippen LogP contribution < -0.4 is 14.8 Å². The fourth-order valence-corrected chi connectivity index (χ4v) is 3.67. The fraction of sp³-hybridized carbons (Fsp3) is 0.0952. The first-order valence-electron chi connectivity index (χ1n) is 8.64. The average Bonchev–Trinajstić information content (AvgIpc) is 3.23. The minimum Gasteiger partial charge on any atom is -0.497 e. The van der Waals surface area contributed by atoms with Crippen molar-refractivity contribution in [1.29, 1.82) is 0 Å². The maximum atomic E-state index is 12.5. The summed E-state index contributed by atoms with van der Waals surface area (Å²) in [6, 6.07) is 13.0. The van der Waals surface area contributed by atoms with Crippen LogP contribution in [0, 0.1) is 0 Å². The van der Waals surface area contributed by atoms with Gasteiger partial charge in [0.05, 0.1) is 31.0 Å². The first kappa shape index (κ1) is 16.3. The summed E-state index contributed by atoms with van der Waals surface area (Å²) in [5.41, 5.74) is 3.26. The molecular weight excluding hydrogens is 358 g/mol. The van der Waals surface area contributed by atoms with Crippen LogP contribution in [0.2, 0.25) is 0 Å². The van der Waals surface area contributed by atoms with Crippen LogP contribution in [0.1, 0.15) is 20.8 Å². The van der Waals surface area contributed by atoms with Crippen LogP contribution in [0.3, 0.4) is 0 Å². The van der Waals surface area contributed by atoms with E-state index < -0.39 is 11.8 Å². The predicted molar refractivity (Wildman–Crippen MR) is 104 cm³/mol. The SMILES string of the molecule is COc1cccc(-c2nc3c(c4c2[nH]c2ccc(OC)cc24)C(=O)NC3=O)c1. The molecule has 1 aliphatic heterocycles. The molecule has 0 fully saturated rings. The van der Waals surface area contributed by atoms with Crippen molar-refractivity contribution >= 4 is 33.6 Å².